The number of ether oxygens (including phenoxy) is 4. The van der Waals surface area contributed by atoms with Crippen LogP contribution in [0.25, 0.3) is 0 Å². The number of hydrogen-bond donors (Lipinski definition) is 0. The van der Waals surface area contributed by atoms with Crippen molar-refractivity contribution in [2.75, 3.05) is 6.61 Å². The molecule has 0 N–H and O–H groups in total. The molecular weight excluding hydrogens is 427 g/mol. The van der Waals surface area contributed by atoms with E-state index in [0.717, 1.165) is 9.13 Å². The minimum Gasteiger partial charge on any atom is -0.463 e. The van der Waals surface area contributed by atoms with Crippen LogP contribution in [0.15, 0.2) is 36.4 Å². The van der Waals surface area contributed by atoms with Gasteiger partial charge in [0.2, 0.25) is 0 Å². The summed E-state index contributed by atoms with van der Waals surface area (Å²) in [6, 6.07) is 7.88. The van der Waals surface area contributed by atoms with Gasteiger partial charge < -0.3 is 18.9 Å². The number of halogens is 1. The molecule has 24 heavy (non-hydrogen) atoms. The zero-order chi connectivity index (χ0) is 17.5. The maximum absolute atomic E-state index is 11.2. The van der Waals surface area contributed by atoms with Crippen LogP contribution in [0.3, 0.4) is 0 Å². The van der Waals surface area contributed by atoms with Gasteiger partial charge in [-0.15, -0.1) is 0 Å². The topological polar surface area (TPSA) is 71.1 Å². The van der Waals surface area contributed by atoms with E-state index in [4.69, 9.17) is 18.9 Å². The van der Waals surface area contributed by atoms with E-state index in [1.165, 1.54) is 13.8 Å². The first-order valence-corrected chi connectivity index (χ1v) is 8.53. The van der Waals surface area contributed by atoms with Crippen molar-refractivity contribution in [1.82, 2.24) is 0 Å². The fourth-order valence-corrected chi connectivity index (χ4v) is 2.68. The van der Waals surface area contributed by atoms with Crippen molar-refractivity contribution in [3.8, 4) is 0 Å². The maximum atomic E-state index is 11.2. The monoisotopic (exact) mass is 446 g/mol. The Morgan fingerprint density at radius 3 is 2.58 bits per heavy atom. The van der Waals surface area contributed by atoms with E-state index in [1.807, 2.05) is 24.3 Å². The Morgan fingerprint density at radius 2 is 1.92 bits per heavy atom. The molecule has 0 fully saturated rings. The van der Waals surface area contributed by atoms with Crippen molar-refractivity contribution >= 4 is 34.5 Å². The van der Waals surface area contributed by atoms with E-state index in [-0.39, 0.29) is 6.61 Å². The van der Waals surface area contributed by atoms with Crippen LogP contribution < -0.4 is 0 Å². The normalized spacial score (nSPS) is 22.9. The molecule has 1 aliphatic heterocycles. The third kappa shape index (κ3) is 5.88. The van der Waals surface area contributed by atoms with Crippen molar-refractivity contribution < 1.29 is 28.5 Å². The van der Waals surface area contributed by atoms with Crippen LogP contribution >= 0.6 is 22.6 Å². The minimum absolute atomic E-state index is 0.0135. The molecule has 0 bridgehead atoms. The summed E-state index contributed by atoms with van der Waals surface area (Å²) in [7, 11) is 0. The third-order valence-electron chi connectivity index (χ3n) is 3.25. The molecule has 2 rings (SSSR count). The molecule has 1 heterocycles. The number of esters is 2. The van der Waals surface area contributed by atoms with Crippen LogP contribution in [0.1, 0.15) is 19.4 Å². The molecule has 7 heteroatoms. The smallest absolute Gasteiger partial charge is 0.303 e. The molecule has 1 aliphatic rings. The van der Waals surface area contributed by atoms with Gasteiger partial charge in [0.15, 0.2) is 6.29 Å². The first kappa shape index (κ1) is 18.9. The zero-order valence-electron chi connectivity index (χ0n) is 13.4. The number of benzene rings is 1. The lowest BCUT2D eigenvalue weighted by Crippen LogP contribution is -2.42. The minimum atomic E-state index is -0.612. The number of rotatable bonds is 6. The van der Waals surface area contributed by atoms with Crippen LogP contribution in [0.5, 0.6) is 0 Å². The van der Waals surface area contributed by atoms with Gasteiger partial charge in [-0.2, -0.15) is 0 Å². The highest BCUT2D eigenvalue weighted by atomic mass is 127. The Morgan fingerprint density at radius 1 is 1.17 bits per heavy atom. The van der Waals surface area contributed by atoms with Gasteiger partial charge in [-0.1, -0.05) is 18.2 Å². The fraction of sp³-hybridized carbons (Fsp3) is 0.412. The Kier molecular flexibility index (Phi) is 7.19. The molecule has 1 aromatic rings. The Bertz CT molecular complexity index is 615. The second-order valence-corrected chi connectivity index (χ2v) is 6.37. The molecule has 0 radical (unpaired) electrons. The molecule has 0 saturated carbocycles. The van der Waals surface area contributed by atoms with E-state index in [0.29, 0.717) is 6.61 Å². The number of hydrogen-bond acceptors (Lipinski definition) is 6. The molecule has 0 spiro atoms. The number of carbonyl (C=O) groups is 2. The fourth-order valence-electron chi connectivity index (χ4n) is 2.14. The maximum Gasteiger partial charge on any atom is 0.303 e. The van der Waals surface area contributed by atoms with E-state index in [9.17, 15) is 9.59 Å². The molecule has 130 valence electrons. The molecular formula is C17H19IO6. The summed E-state index contributed by atoms with van der Waals surface area (Å²) in [5.41, 5.74) is 1.05. The van der Waals surface area contributed by atoms with Crippen LogP contribution in [0, 0.1) is 3.57 Å². The first-order chi connectivity index (χ1) is 11.5. The van der Waals surface area contributed by atoms with Crippen molar-refractivity contribution in [3.05, 3.63) is 45.6 Å². The molecule has 1 aromatic carbocycles. The summed E-state index contributed by atoms with van der Waals surface area (Å²) in [5, 5.41) is 0. The van der Waals surface area contributed by atoms with E-state index >= 15 is 0 Å². The summed E-state index contributed by atoms with van der Waals surface area (Å²) in [6.45, 7) is 2.99. The van der Waals surface area contributed by atoms with Crippen LogP contribution in [0.2, 0.25) is 0 Å². The Balaban J connectivity index is 1.97. The van der Waals surface area contributed by atoms with Gasteiger partial charge in [0.25, 0.3) is 0 Å². The van der Waals surface area contributed by atoms with Gasteiger partial charge in [0.05, 0.1) is 6.61 Å². The van der Waals surface area contributed by atoms with Crippen LogP contribution in [-0.4, -0.2) is 37.0 Å². The van der Waals surface area contributed by atoms with E-state index in [2.05, 4.69) is 22.6 Å². The van der Waals surface area contributed by atoms with Gasteiger partial charge in [0.1, 0.15) is 18.8 Å². The second-order valence-electron chi connectivity index (χ2n) is 5.21. The molecule has 3 atom stereocenters. The predicted octanol–water partition coefficient (Wildman–Crippen LogP) is 2.58. The molecule has 6 nitrogen and oxygen atoms in total. The van der Waals surface area contributed by atoms with Crippen molar-refractivity contribution in [2.45, 2.75) is 39.0 Å². The van der Waals surface area contributed by atoms with Crippen molar-refractivity contribution in [3.63, 3.8) is 0 Å². The Labute approximate surface area is 154 Å². The largest absolute Gasteiger partial charge is 0.463 e. The summed E-state index contributed by atoms with van der Waals surface area (Å²) in [5.74, 6) is -0.856. The summed E-state index contributed by atoms with van der Waals surface area (Å²) in [6.07, 6.45) is 1.56. The lowest BCUT2D eigenvalue weighted by Gasteiger charge is -2.31. The summed E-state index contributed by atoms with van der Waals surface area (Å²) < 4.78 is 22.7. The quantitative estimate of drug-likeness (QED) is 0.380. The highest BCUT2D eigenvalue weighted by Crippen LogP contribution is 2.20. The molecule has 0 saturated heterocycles. The SMILES string of the molecule is CC(=O)OC[C@H]1O[C@H](OCc2ccccc2I)C=C[C@@H]1OC(C)=O. The predicted molar refractivity (Wildman–Crippen MR) is 93.9 cm³/mol. The lowest BCUT2D eigenvalue weighted by molar-refractivity contribution is -0.200. The summed E-state index contributed by atoms with van der Waals surface area (Å²) >= 11 is 2.24. The second kappa shape index (κ2) is 9.14. The molecule has 0 aromatic heterocycles. The third-order valence-corrected chi connectivity index (χ3v) is 4.30. The van der Waals surface area contributed by atoms with Gasteiger partial charge in [-0.05, 0) is 46.4 Å². The summed E-state index contributed by atoms with van der Waals surface area (Å²) in [4.78, 5) is 22.2. The van der Waals surface area contributed by atoms with Crippen LogP contribution in [-0.2, 0) is 35.1 Å². The molecule has 0 aliphatic carbocycles. The lowest BCUT2D eigenvalue weighted by atomic mass is 10.1. The standard InChI is InChI=1S/C17H19IO6/c1-11(19)21-10-16-15(23-12(2)20)7-8-17(24-16)22-9-13-5-3-4-6-14(13)18/h3-8,15-17H,9-10H2,1-2H3/t15-,16+,17-/m0/s1. The average molecular weight is 446 g/mol. The van der Waals surface area contributed by atoms with Gasteiger partial charge in [0, 0.05) is 17.4 Å². The number of carbonyl (C=O) groups excluding carboxylic acids is 2. The Hall–Kier alpha value is -1.45. The molecule has 0 unspecified atom stereocenters. The van der Waals surface area contributed by atoms with E-state index in [1.54, 1.807) is 12.2 Å². The highest BCUT2D eigenvalue weighted by Gasteiger charge is 2.31. The van der Waals surface area contributed by atoms with Crippen molar-refractivity contribution in [2.24, 2.45) is 0 Å². The van der Waals surface area contributed by atoms with Crippen LogP contribution in [0.4, 0.5) is 0 Å². The zero-order valence-corrected chi connectivity index (χ0v) is 15.6. The van der Waals surface area contributed by atoms with Gasteiger partial charge >= 0.3 is 11.9 Å². The first-order valence-electron chi connectivity index (χ1n) is 7.45. The van der Waals surface area contributed by atoms with Gasteiger partial charge in [-0.25, -0.2) is 0 Å². The van der Waals surface area contributed by atoms with E-state index < -0.39 is 30.4 Å². The van der Waals surface area contributed by atoms with Gasteiger partial charge in [-0.3, -0.25) is 9.59 Å². The highest BCUT2D eigenvalue weighted by molar-refractivity contribution is 14.1. The average Bonchev–Trinajstić information content (AvgIpc) is 2.53. The van der Waals surface area contributed by atoms with Crippen molar-refractivity contribution in [1.29, 1.82) is 0 Å². The molecule has 0 amide bonds.